The van der Waals surface area contributed by atoms with Crippen LogP contribution < -0.4 is 4.90 Å². The van der Waals surface area contributed by atoms with E-state index in [1.807, 2.05) is 18.7 Å². The van der Waals surface area contributed by atoms with E-state index in [1.54, 1.807) is 23.4 Å². The van der Waals surface area contributed by atoms with Gasteiger partial charge in [-0.25, -0.2) is 18.4 Å². The number of anilines is 1. The predicted molar refractivity (Wildman–Crippen MR) is 92.1 cm³/mol. The fourth-order valence-corrected chi connectivity index (χ4v) is 3.80. The number of sulfonamides is 1. The van der Waals surface area contributed by atoms with Gasteiger partial charge < -0.3 is 9.80 Å². The molecule has 1 fully saturated rings. The van der Waals surface area contributed by atoms with Crippen LogP contribution in [0, 0.1) is 0 Å². The monoisotopic (exact) mass is 355 g/mol. The van der Waals surface area contributed by atoms with Gasteiger partial charge in [-0.15, -0.1) is 0 Å². The Balaban J connectivity index is 1.95. The first kappa shape index (κ1) is 18.6. The molecule has 0 radical (unpaired) electrons. The summed E-state index contributed by atoms with van der Waals surface area (Å²) in [4.78, 5) is 24.6. The molecule has 1 aliphatic heterocycles. The van der Waals surface area contributed by atoms with Crippen molar-refractivity contribution in [2.45, 2.75) is 26.3 Å². The fourth-order valence-electron chi connectivity index (χ4n) is 2.65. The first-order valence-corrected chi connectivity index (χ1v) is 9.94. The van der Waals surface area contributed by atoms with Gasteiger partial charge in [0, 0.05) is 44.6 Å². The van der Waals surface area contributed by atoms with Gasteiger partial charge in [-0.1, -0.05) is 6.92 Å². The molecular weight excluding hydrogens is 330 g/mol. The van der Waals surface area contributed by atoms with Gasteiger partial charge in [-0.3, -0.25) is 4.79 Å². The van der Waals surface area contributed by atoms with Crippen LogP contribution in [0.3, 0.4) is 0 Å². The average molecular weight is 355 g/mol. The minimum absolute atomic E-state index is 0.102. The molecule has 0 aromatic carbocycles. The highest BCUT2D eigenvalue weighted by atomic mass is 32.2. The maximum Gasteiger partial charge on any atom is 0.238 e. The highest BCUT2D eigenvalue weighted by Gasteiger charge is 2.29. The summed E-state index contributed by atoms with van der Waals surface area (Å²) in [7, 11) is -3.41. The van der Waals surface area contributed by atoms with Crippen LogP contribution in [0.4, 0.5) is 5.95 Å². The predicted octanol–water partition coefficient (Wildman–Crippen LogP) is 0.185. The molecule has 0 aliphatic carbocycles. The Bertz CT molecular complexity index is 644. The summed E-state index contributed by atoms with van der Waals surface area (Å²) in [5.74, 6) is 0.497. The van der Waals surface area contributed by atoms with Gasteiger partial charge in [0.1, 0.15) is 0 Å². The molecule has 1 atom stereocenters. The van der Waals surface area contributed by atoms with Crippen molar-refractivity contribution >= 4 is 21.9 Å². The molecule has 1 unspecified atom stereocenters. The number of hydrogen-bond donors (Lipinski definition) is 0. The molecule has 0 spiro atoms. The second-order valence-corrected chi connectivity index (χ2v) is 7.92. The van der Waals surface area contributed by atoms with Crippen molar-refractivity contribution < 1.29 is 13.2 Å². The quantitative estimate of drug-likeness (QED) is 0.724. The van der Waals surface area contributed by atoms with E-state index in [0.29, 0.717) is 38.5 Å². The minimum Gasteiger partial charge on any atom is -0.338 e. The van der Waals surface area contributed by atoms with Gasteiger partial charge >= 0.3 is 0 Å². The molecule has 1 aromatic heterocycles. The molecule has 2 rings (SSSR count). The van der Waals surface area contributed by atoms with Crippen LogP contribution in [0.1, 0.15) is 20.3 Å². The smallest absolute Gasteiger partial charge is 0.238 e. The van der Waals surface area contributed by atoms with E-state index in [0.717, 1.165) is 6.26 Å². The van der Waals surface area contributed by atoms with Crippen molar-refractivity contribution in [3.8, 4) is 0 Å². The van der Waals surface area contributed by atoms with Crippen LogP contribution in [0.2, 0.25) is 0 Å². The first-order chi connectivity index (χ1) is 11.3. The molecule has 0 saturated carbocycles. The number of nitrogens with zero attached hydrogens (tertiary/aromatic N) is 5. The molecule has 0 N–H and O–H groups in total. The Morgan fingerprint density at radius 3 is 2.33 bits per heavy atom. The lowest BCUT2D eigenvalue weighted by atomic mass is 10.2. The van der Waals surface area contributed by atoms with Gasteiger partial charge in [-0.2, -0.15) is 4.31 Å². The normalized spacial score (nSPS) is 17.2. The minimum atomic E-state index is -3.41. The van der Waals surface area contributed by atoms with Crippen molar-refractivity contribution in [1.82, 2.24) is 19.2 Å². The van der Waals surface area contributed by atoms with E-state index >= 15 is 0 Å². The highest BCUT2D eigenvalue weighted by Crippen LogP contribution is 2.13. The number of amides is 1. The Morgan fingerprint density at radius 1 is 1.25 bits per heavy atom. The number of piperazine rings is 1. The van der Waals surface area contributed by atoms with Crippen LogP contribution in [0.25, 0.3) is 0 Å². The zero-order chi connectivity index (χ0) is 17.7. The molecule has 24 heavy (non-hydrogen) atoms. The summed E-state index contributed by atoms with van der Waals surface area (Å²) >= 11 is 0. The molecule has 1 aromatic rings. The van der Waals surface area contributed by atoms with Gasteiger partial charge in [0.25, 0.3) is 0 Å². The van der Waals surface area contributed by atoms with Crippen LogP contribution in [0.5, 0.6) is 0 Å². The molecule has 2 heterocycles. The molecule has 134 valence electrons. The Labute approximate surface area is 143 Å². The van der Waals surface area contributed by atoms with E-state index in [1.165, 1.54) is 4.31 Å². The van der Waals surface area contributed by atoms with Crippen molar-refractivity contribution in [3.63, 3.8) is 0 Å². The first-order valence-electron chi connectivity index (χ1n) is 8.09. The van der Waals surface area contributed by atoms with E-state index in [2.05, 4.69) is 9.97 Å². The fraction of sp³-hybridized carbons (Fsp3) is 0.667. The summed E-state index contributed by atoms with van der Waals surface area (Å²) in [6.45, 7) is 5.97. The van der Waals surface area contributed by atoms with Gasteiger partial charge in [0.15, 0.2) is 0 Å². The van der Waals surface area contributed by atoms with Crippen LogP contribution in [0.15, 0.2) is 18.5 Å². The SMILES string of the molecule is CCC(C)N(CC(=O)N1CCN(c2ncccn2)CC1)S(C)(=O)=O. The van der Waals surface area contributed by atoms with E-state index in [9.17, 15) is 13.2 Å². The van der Waals surface area contributed by atoms with Crippen LogP contribution in [-0.2, 0) is 14.8 Å². The summed E-state index contributed by atoms with van der Waals surface area (Å²) in [6, 6.07) is 1.57. The second-order valence-electron chi connectivity index (χ2n) is 5.98. The molecule has 1 amide bonds. The number of carbonyl (C=O) groups excluding carboxylic acids is 1. The number of carbonyl (C=O) groups is 1. The van der Waals surface area contributed by atoms with Gasteiger partial charge in [-0.05, 0) is 19.4 Å². The molecule has 1 saturated heterocycles. The molecule has 1 aliphatic rings. The van der Waals surface area contributed by atoms with Crippen LogP contribution in [-0.4, -0.2) is 78.5 Å². The summed E-state index contributed by atoms with van der Waals surface area (Å²) in [5, 5.41) is 0. The largest absolute Gasteiger partial charge is 0.338 e. The van der Waals surface area contributed by atoms with Gasteiger partial charge in [0.05, 0.1) is 12.8 Å². The maximum absolute atomic E-state index is 12.5. The summed E-state index contributed by atoms with van der Waals surface area (Å²) in [5.41, 5.74) is 0. The van der Waals surface area contributed by atoms with Crippen molar-refractivity contribution in [1.29, 1.82) is 0 Å². The summed E-state index contributed by atoms with van der Waals surface area (Å²) < 4.78 is 25.1. The standard InChI is InChI=1S/C15H25N5O3S/c1-4-13(2)20(24(3,22)23)12-14(21)18-8-10-19(11-9-18)15-16-6-5-7-17-15/h5-7,13H,4,8-12H2,1-3H3. The second kappa shape index (κ2) is 7.89. The number of rotatable bonds is 6. The molecule has 9 heteroatoms. The lowest BCUT2D eigenvalue weighted by Crippen LogP contribution is -2.53. The Hall–Kier alpha value is -1.74. The summed E-state index contributed by atoms with van der Waals surface area (Å²) in [6.07, 6.45) is 5.20. The zero-order valence-corrected chi connectivity index (χ0v) is 15.2. The third kappa shape index (κ3) is 4.64. The van der Waals surface area contributed by atoms with Gasteiger partial charge in [0.2, 0.25) is 21.9 Å². The lowest BCUT2D eigenvalue weighted by molar-refractivity contribution is -0.132. The third-order valence-electron chi connectivity index (χ3n) is 4.27. The topological polar surface area (TPSA) is 86.7 Å². The van der Waals surface area contributed by atoms with Crippen LogP contribution >= 0.6 is 0 Å². The Morgan fingerprint density at radius 2 is 1.83 bits per heavy atom. The number of hydrogen-bond acceptors (Lipinski definition) is 6. The van der Waals surface area contributed by atoms with Crippen molar-refractivity contribution in [2.75, 3.05) is 43.9 Å². The van der Waals surface area contributed by atoms with Crippen molar-refractivity contribution in [3.05, 3.63) is 18.5 Å². The molecule has 8 nitrogen and oxygen atoms in total. The third-order valence-corrected chi connectivity index (χ3v) is 5.61. The number of aromatic nitrogens is 2. The molecular formula is C15H25N5O3S. The highest BCUT2D eigenvalue weighted by molar-refractivity contribution is 7.88. The molecule has 0 bridgehead atoms. The zero-order valence-electron chi connectivity index (χ0n) is 14.4. The van der Waals surface area contributed by atoms with E-state index < -0.39 is 10.0 Å². The van der Waals surface area contributed by atoms with Crippen molar-refractivity contribution in [2.24, 2.45) is 0 Å². The maximum atomic E-state index is 12.5. The average Bonchev–Trinajstić information content (AvgIpc) is 2.58. The Kier molecular flexibility index (Phi) is 6.11. The lowest BCUT2D eigenvalue weighted by Gasteiger charge is -2.36. The van der Waals surface area contributed by atoms with E-state index in [4.69, 9.17) is 0 Å². The van der Waals surface area contributed by atoms with E-state index in [-0.39, 0.29) is 18.5 Å².